The molecular weight excluding hydrogens is 258 g/mol. The molecule has 2 aromatic rings. The van der Waals surface area contributed by atoms with Gasteiger partial charge in [0, 0.05) is 18.4 Å². The summed E-state index contributed by atoms with van der Waals surface area (Å²) in [5, 5.41) is 3.91. The van der Waals surface area contributed by atoms with E-state index in [1.165, 1.54) is 24.0 Å². The average molecular weight is 279 g/mol. The predicted molar refractivity (Wildman–Crippen MR) is 82.9 cm³/mol. The van der Waals surface area contributed by atoms with Crippen LogP contribution < -0.4 is 5.32 Å². The second kappa shape index (κ2) is 4.92. The molecule has 1 heterocycles. The normalized spacial score (nSPS) is 26.1. The molecule has 0 saturated heterocycles. The van der Waals surface area contributed by atoms with E-state index in [1.807, 2.05) is 18.5 Å². The molecule has 1 aromatic heterocycles. The van der Waals surface area contributed by atoms with E-state index in [0.29, 0.717) is 12.0 Å². The molecule has 0 aliphatic heterocycles. The summed E-state index contributed by atoms with van der Waals surface area (Å²) in [6.07, 6.45) is 8.43. The smallest absolute Gasteiger partial charge is 0.148 e. The van der Waals surface area contributed by atoms with Gasteiger partial charge in [0.1, 0.15) is 5.82 Å². The third-order valence-electron chi connectivity index (χ3n) is 5.14. The van der Waals surface area contributed by atoms with Gasteiger partial charge in [-0.05, 0) is 48.8 Å². The Hall–Kier alpha value is -1.74. The highest BCUT2D eigenvalue weighted by Gasteiger charge is 2.44. The van der Waals surface area contributed by atoms with Crippen LogP contribution in [0.15, 0.2) is 42.7 Å². The van der Waals surface area contributed by atoms with Crippen LogP contribution in [0.2, 0.25) is 0 Å². The molecule has 0 amide bonds. The Morgan fingerprint density at radius 3 is 2.43 bits per heavy atom. The van der Waals surface area contributed by atoms with Crippen LogP contribution in [-0.4, -0.2) is 9.97 Å². The monoisotopic (exact) mass is 279 g/mol. The first-order chi connectivity index (χ1) is 10.3. The van der Waals surface area contributed by atoms with Crippen LogP contribution in [0.1, 0.15) is 61.5 Å². The van der Waals surface area contributed by atoms with Crippen LogP contribution in [-0.2, 0) is 5.54 Å². The lowest BCUT2D eigenvalue weighted by Crippen LogP contribution is -2.50. The summed E-state index contributed by atoms with van der Waals surface area (Å²) in [7, 11) is 0. The molecule has 2 aliphatic rings. The highest BCUT2D eigenvalue weighted by atomic mass is 15.1. The lowest BCUT2D eigenvalue weighted by Gasteiger charge is -2.43. The minimum atomic E-state index is -0.0108. The van der Waals surface area contributed by atoms with Crippen molar-refractivity contribution in [3.8, 4) is 0 Å². The zero-order chi connectivity index (χ0) is 14.3. The molecule has 0 radical (unpaired) electrons. The van der Waals surface area contributed by atoms with E-state index in [9.17, 15) is 0 Å². The van der Waals surface area contributed by atoms with Crippen molar-refractivity contribution in [3.63, 3.8) is 0 Å². The Morgan fingerprint density at radius 1 is 1.05 bits per heavy atom. The molecule has 1 aromatic carbocycles. The van der Waals surface area contributed by atoms with Gasteiger partial charge < -0.3 is 0 Å². The summed E-state index contributed by atoms with van der Waals surface area (Å²) < 4.78 is 0. The lowest BCUT2D eigenvalue weighted by atomic mass is 9.75. The van der Waals surface area contributed by atoms with Crippen molar-refractivity contribution in [2.75, 3.05) is 0 Å². The standard InChI is InChI=1S/C18H21N3/c1-13-12-16(15-7-3-2-6-14(13)15)21-18(8-4-9-18)17-19-10-5-11-20-17/h2-3,5-7,10-11,13,16,21H,4,8-9,12H2,1H3/t13-,16?/m1/s1. The van der Waals surface area contributed by atoms with Crippen LogP contribution in [0.3, 0.4) is 0 Å². The highest BCUT2D eigenvalue weighted by Crippen LogP contribution is 2.46. The second-order valence-electron chi connectivity index (χ2n) is 6.47. The van der Waals surface area contributed by atoms with Crippen LogP contribution in [0, 0.1) is 0 Å². The fourth-order valence-corrected chi connectivity index (χ4v) is 3.86. The Kier molecular flexibility index (Phi) is 3.03. The zero-order valence-corrected chi connectivity index (χ0v) is 12.4. The van der Waals surface area contributed by atoms with Crippen LogP contribution in [0.25, 0.3) is 0 Å². The Balaban J connectivity index is 1.64. The number of aromatic nitrogens is 2. The van der Waals surface area contributed by atoms with Gasteiger partial charge in [0.2, 0.25) is 0 Å². The molecule has 2 atom stereocenters. The molecule has 21 heavy (non-hydrogen) atoms. The van der Waals surface area contributed by atoms with Crippen molar-refractivity contribution < 1.29 is 0 Å². The minimum absolute atomic E-state index is 0.0108. The summed E-state index contributed by atoms with van der Waals surface area (Å²) in [5.74, 6) is 1.60. The molecule has 0 bridgehead atoms. The number of nitrogens with zero attached hydrogens (tertiary/aromatic N) is 2. The van der Waals surface area contributed by atoms with Gasteiger partial charge in [0.05, 0.1) is 5.54 Å². The Labute approximate surface area is 125 Å². The molecule has 0 spiro atoms. The van der Waals surface area contributed by atoms with Crippen molar-refractivity contribution in [2.24, 2.45) is 0 Å². The number of rotatable bonds is 3. The summed E-state index contributed by atoms with van der Waals surface area (Å²) in [4.78, 5) is 9.03. The average Bonchev–Trinajstić information content (AvgIpc) is 2.81. The molecule has 2 aliphatic carbocycles. The van der Waals surface area contributed by atoms with E-state index < -0.39 is 0 Å². The summed E-state index contributed by atoms with van der Waals surface area (Å²) in [6.45, 7) is 2.33. The van der Waals surface area contributed by atoms with E-state index >= 15 is 0 Å². The van der Waals surface area contributed by atoms with Gasteiger partial charge in [0.15, 0.2) is 0 Å². The molecule has 4 rings (SSSR count). The molecule has 1 fully saturated rings. The third kappa shape index (κ3) is 2.07. The van der Waals surface area contributed by atoms with E-state index in [4.69, 9.17) is 0 Å². The molecule has 3 heteroatoms. The first kappa shape index (κ1) is 13.0. The molecule has 1 unspecified atom stereocenters. The number of benzene rings is 1. The van der Waals surface area contributed by atoms with Gasteiger partial charge in [-0.15, -0.1) is 0 Å². The van der Waals surface area contributed by atoms with Gasteiger partial charge in [-0.2, -0.15) is 0 Å². The van der Waals surface area contributed by atoms with Gasteiger partial charge >= 0.3 is 0 Å². The Bertz CT molecular complexity index is 634. The van der Waals surface area contributed by atoms with Gasteiger partial charge in [-0.25, -0.2) is 9.97 Å². The zero-order valence-electron chi connectivity index (χ0n) is 12.4. The van der Waals surface area contributed by atoms with Crippen LogP contribution in [0.4, 0.5) is 0 Å². The summed E-state index contributed by atoms with van der Waals surface area (Å²) in [5.41, 5.74) is 2.95. The third-order valence-corrected chi connectivity index (χ3v) is 5.14. The molecule has 1 N–H and O–H groups in total. The van der Waals surface area contributed by atoms with Gasteiger partial charge in [-0.1, -0.05) is 31.2 Å². The maximum Gasteiger partial charge on any atom is 0.148 e. The van der Waals surface area contributed by atoms with Crippen molar-refractivity contribution in [2.45, 2.75) is 50.1 Å². The Morgan fingerprint density at radius 2 is 1.76 bits per heavy atom. The number of fused-ring (bicyclic) bond motifs is 1. The first-order valence-electron chi connectivity index (χ1n) is 7.92. The molecule has 3 nitrogen and oxygen atoms in total. The SMILES string of the molecule is C[C@@H]1CC(NC2(c3ncccn3)CCC2)c2ccccc21. The van der Waals surface area contributed by atoms with E-state index in [0.717, 1.165) is 18.7 Å². The number of hydrogen-bond donors (Lipinski definition) is 1. The van der Waals surface area contributed by atoms with Gasteiger partial charge in [-0.3, -0.25) is 5.32 Å². The highest BCUT2D eigenvalue weighted by molar-refractivity contribution is 5.38. The van der Waals surface area contributed by atoms with Crippen molar-refractivity contribution in [1.82, 2.24) is 15.3 Å². The number of nitrogens with one attached hydrogen (secondary N) is 1. The van der Waals surface area contributed by atoms with Crippen molar-refractivity contribution >= 4 is 0 Å². The van der Waals surface area contributed by atoms with Crippen molar-refractivity contribution in [3.05, 3.63) is 59.7 Å². The fraction of sp³-hybridized carbons (Fsp3) is 0.444. The maximum atomic E-state index is 4.52. The van der Waals surface area contributed by atoms with E-state index in [2.05, 4.69) is 46.5 Å². The first-order valence-corrected chi connectivity index (χ1v) is 7.92. The fourth-order valence-electron chi connectivity index (χ4n) is 3.86. The molecule has 108 valence electrons. The lowest BCUT2D eigenvalue weighted by molar-refractivity contribution is 0.149. The largest absolute Gasteiger partial charge is 0.298 e. The summed E-state index contributed by atoms with van der Waals surface area (Å²) in [6, 6.07) is 11.2. The minimum Gasteiger partial charge on any atom is -0.298 e. The maximum absolute atomic E-state index is 4.52. The van der Waals surface area contributed by atoms with Crippen LogP contribution >= 0.6 is 0 Å². The quantitative estimate of drug-likeness (QED) is 0.931. The predicted octanol–water partition coefficient (Wildman–Crippen LogP) is 3.69. The number of hydrogen-bond acceptors (Lipinski definition) is 3. The van der Waals surface area contributed by atoms with E-state index in [1.54, 1.807) is 0 Å². The topological polar surface area (TPSA) is 37.8 Å². The van der Waals surface area contributed by atoms with Gasteiger partial charge in [0.25, 0.3) is 0 Å². The van der Waals surface area contributed by atoms with Crippen molar-refractivity contribution in [1.29, 1.82) is 0 Å². The second-order valence-corrected chi connectivity index (χ2v) is 6.47. The summed E-state index contributed by atoms with van der Waals surface area (Å²) >= 11 is 0. The molecular formula is C18H21N3. The van der Waals surface area contributed by atoms with E-state index in [-0.39, 0.29) is 5.54 Å². The molecule has 1 saturated carbocycles. The van der Waals surface area contributed by atoms with Crippen LogP contribution in [0.5, 0.6) is 0 Å².